The molecule has 2 aromatic rings. The van der Waals surface area contributed by atoms with Gasteiger partial charge in [-0.05, 0) is 31.0 Å². The number of likely N-dealkylation sites (tertiary alicyclic amines) is 1. The minimum Gasteiger partial charge on any atom is -0.496 e. The molecule has 0 aliphatic carbocycles. The number of rotatable bonds is 4. The lowest BCUT2D eigenvalue weighted by Gasteiger charge is -2.24. The number of anilines is 1. The Morgan fingerprint density at radius 1 is 1.46 bits per heavy atom. The summed E-state index contributed by atoms with van der Waals surface area (Å²) in [6.07, 6.45) is 4.47. The van der Waals surface area contributed by atoms with E-state index in [-0.39, 0.29) is 11.8 Å². The number of halogens is 1. The number of carbonyl (C=O) groups excluding carboxylic acids is 2. The predicted octanol–water partition coefficient (Wildman–Crippen LogP) is 2.31. The Morgan fingerprint density at radius 2 is 2.29 bits per heavy atom. The number of aromatic nitrogens is 2. The standard InChI is InChI=1S/C16H17ClN4O3/c1-24-14-5-4-10(17)7-12(14)16(23)21-6-2-3-13(21)15(22)20-11-8-18-19-9-11/h4-5,7-9,13H,2-3,6H2,1H3,(H,18,19)(H,20,22)/t13-/m0/s1. The maximum absolute atomic E-state index is 12.9. The van der Waals surface area contributed by atoms with Gasteiger partial charge in [0.15, 0.2) is 0 Å². The van der Waals surface area contributed by atoms with E-state index in [0.29, 0.717) is 35.0 Å². The summed E-state index contributed by atoms with van der Waals surface area (Å²) in [4.78, 5) is 26.9. The zero-order valence-corrected chi connectivity index (χ0v) is 13.8. The highest BCUT2D eigenvalue weighted by Gasteiger charge is 2.35. The number of nitrogens with one attached hydrogen (secondary N) is 2. The van der Waals surface area contributed by atoms with Gasteiger partial charge < -0.3 is 15.0 Å². The Hall–Kier alpha value is -2.54. The zero-order chi connectivity index (χ0) is 17.1. The van der Waals surface area contributed by atoms with Crippen molar-refractivity contribution in [3.63, 3.8) is 0 Å². The highest BCUT2D eigenvalue weighted by Crippen LogP contribution is 2.28. The summed E-state index contributed by atoms with van der Waals surface area (Å²) >= 11 is 6.00. The number of hydrogen-bond acceptors (Lipinski definition) is 4. The molecule has 1 aliphatic heterocycles. The molecule has 0 unspecified atom stereocenters. The molecule has 1 saturated heterocycles. The first-order valence-electron chi connectivity index (χ1n) is 7.54. The van der Waals surface area contributed by atoms with Crippen molar-refractivity contribution in [1.29, 1.82) is 0 Å². The van der Waals surface area contributed by atoms with Gasteiger partial charge in [-0.15, -0.1) is 0 Å². The molecule has 1 atom stereocenters. The molecule has 0 radical (unpaired) electrons. The number of hydrogen-bond donors (Lipinski definition) is 2. The van der Waals surface area contributed by atoms with Crippen LogP contribution in [0.2, 0.25) is 5.02 Å². The zero-order valence-electron chi connectivity index (χ0n) is 13.1. The smallest absolute Gasteiger partial charge is 0.258 e. The topological polar surface area (TPSA) is 87.3 Å². The first-order valence-corrected chi connectivity index (χ1v) is 7.92. The number of H-pyrrole nitrogens is 1. The lowest BCUT2D eigenvalue weighted by Crippen LogP contribution is -2.43. The third kappa shape index (κ3) is 3.21. The van der Waals surface area contributed by atoms with Gasteiger partial charge >= 0.3 is 0 Å². The minimum absolute atomic E-state index is 0.233. The van der Waals surface area contributed by atoms with Crippen LogP contribution in [0, 0.1) is 0 Å². The van der Waals surface area contributed by atoms with Crippen LogP contribution in [0.15, 0.2) is 30.6 Å². The molecular weight excluding hydrogens is 332 g/mol. The van der Waals surface area contributed by atoms with Crippen LogP contribution < -0.4 is 10.1 Å². The number of aromatic amines is 1. The molecule has 1 aliphatic rings. The van der Waals surface area contributed by atoms with Crippen molar-refractivity contribution in [2.24, 2.45) is 0 Å². The Labute approximate surface area is 143 Å². The number of methoxy groups -OCH3 is 1. The van der Waals surface area contributed by atoms with Crippen LogP contribution in [0.1, 0.15) is 23.2 Å². The fourth-order valence-corrected chi connectivity index (χ4v) is 3.00. The van der Waals surface area contributed by atoms with E-state index in [1.165, 1.54) is 13.3 Å². The monoisotopic (exact) mass is 348 g/mol. The average molecular weight is 349 g/mol. The van der Waals surface area contributed by atoms with Crippen LogP contribution in [-0.4, -0.2) is 46.6 Å². The first kappa shape index (κ1) is 16.3. The van der Waals surface area contributed by atoms with Crippen molar-refractivity contribution in [2.45, 2.75) is 18.9 Å². The van der Waals surface area contributed by atoms with Crippen LogP contribution in [0.4, 0.5) is 5.69 Å². The van der Waals surface area contributed by atoms with Gasteiger partial charge in [-0.2, -0.15) is 5.10 Å². The second-order valence-electron chi connectivity index (χ2n) is 5.48. The highest BCUT2D eigenvalue weighted by atomic mass is 35.5. The maximum atomic E-state index is 12.9. The molecule has 1 fully saturated rings. The molecule has 8 heteroatoms. The second-order valence-corrected chi connectivity index (χ2v) is 5.91. The lowest BCUT2D eigenvalue weighted by molar-refractivity contribution is -0.119. The van der Waals surface area contributed by atoms with E-state index in [4.69, 9.17) is 16.3 Å². The van der Waals surface area contributed by atoms with Gasteiger partial charge in [-0.25, -0.2) is 0 Å². The quantitative estimate of drug-likeness (QED) is 0.887. The van der Waals surface area contributed by atoms with Crippen molar-refractivity contribution in [3.8, 4) is 5.75 Å². The third-order valence-corrected chi connectivity index (χ3v) is 4.21. The molecule has 1 aromatic carbocycles. The Balaban J connectivity index is 1.81. The number of benzene rings is 1. The summed E-state index contributed by atoms with van der Waals surface area (Å²) in [6, 6.07) is 4.33. The first-order chi connectivity index (χ1) is 11.6. The van der Waals surface area contributed by atoms with Crippen molar-refractivity contribution < 1.29 is 14.3 Å². The second kappa shape index (κ2) is 6.92. The fourth-order valence-electron chi connectivity index (χ4n) is 2.83. The molecule has 1 aromatic heterocycles. The largest absolute Gasteiger partial charge is 0.496 e. The summed E-state index contributed by atoms with van der Waals surface area (Å²) in [5.41, 5.74) is 0.924. The van der Waals surface area contributed by atoms with Crippen LogP contribution in [0.5, 0.6) is 5.75 Å². The summed E-state index contributed by atoms with van der Waals surface area (Å²) in [5.74, 6) is -0.0623. The van der Waals surface area contributed by atoms with Gasteiger partial charge in [0.2, 0.25) is 5.91 Å². The van der Waals surface area contributed by atoms with Crippen LogP contribution >= 0.6 is 11.6 Å². The van der Waals surface area contributed by atoms with E-state index in [2.05, 4.69) is 15.5 Å². The highest BCUT2D eigenvalue weighted by molar-refractivity contribution is 6.31. The minimum atomic E-state index is -0.531. The summed E-state index contributed by atoms with van der Waals surface area (Å²) in [7, 11) is 1.49. The number of ether oxygens (including phenoxy) is 1. The fraction of sp³-hybridized carbons (Fsp3) is 0.312. The lowest BCUT2D eigenvalue weighted by atomic mass is 10.1. The van der Waals surface area contributed by atoms with Gasteiger partial charge in [0.05, 0.1) is 24.6 Å². The van der Waals surface area contributed by atoms with E-state index in [1.54, 1.807) is 29.3 Å². The van der Waals surface area contributed by atoms with Crippen LogP contribution in [0.3, 0.4) is 0 Å². The molecule has 2 N–H and O–H groups in total. The molecule has 0 bridgehead atoms. The van der Waals surface area contributed by atoms with E-state index < -0.39 is 6.04 Å². The van der Waals surface area contributed by atoms with E-state index in [1.807, 2.05) is 0 Å². The number of carbonyl (C=O) groups is 2. The van der Waals surface area contributed by atoms with Gasteiger partial charge in [0.1, 0.15) is 11.8 Å². The summed E-state index contributed by atoms with van der Waals surface area (Å²) < 4.78 is 5.24. The van der Waals surface area contributed by atoms with Crippen molar-refractivity contribution >= 4 is 29.1 Å². The summed E-state index contributed by atoms with van der Waals surface area (Å²) in [6.45, 7) is 0.512. The van der Waals surface area contributed by atoms with Crippen molar-refractivity contribution in [3.05, 3.63) is 41.2 Å². The van der Waals surface area contributed by atoms with Gasteiger partial charge in [-0.3, -0.25) is 14.7 Å². The molecule has 2 amide bonds. The Kier molecular flexibility index (Phi) is 4.71. The normalized spacial score (nSPS) is 16.9. The van der Waals surface area contributed by atoms with Gasteiger partial charge in [0, 0.05) is 17.8 Å². The Bertz CT molecular complexity index is 748. The van der Waals surface area contributed by atoms with E-state index in [0.717, 1.165) is 6.42 Å². The summed E-state index contributed by atoms with van der Waals surface area (Å²) in [5, 5.41) is 9.61. The van der Waals surface area contributed by atoms with E-state index in [9.17, 15) is 9.59 Å². The number of nitrogens with zero attached hydrogens (tertiary/aromatic N) is 2. The Morgan fingerprint density at radius 3 is 3.00 bits per heavy atom. The van der Waals surface area contributed by atoms with Crippen LogP contribution in [-0.2, 0) is 4.79 Å². The van der Waals surface area contributed by atoms with Gasteiger partial charge in [-0.1, -0.05) is 11.6 Å². The maximum Gasteiger partial charge on any atom is 0.258 e. The molecule has 2 heterocycles. The van der Waals surface area contributed by atoms with Gasteiger partial charge in [0.25, 0.3) is 5.91 Å². The third-order valence-electron chi connectivity index (χ3n) is 3.97. The molecule has 0 saturated carbocycles. The predicted molar refractivity (Wildman–Crippen MR) is 89.3 cm³/mol. The average Bonchev–Trinajstić information content (AvgIpc) is 3.25. The molecule has 7 nitrogen and oxygen atoms in total. The molecule has 0 spiro atoms. The van der Waals surface area contributed by atoms with Crippen LogP contribution in [0.25, 0.3) is 0 Å². The SMILES string of the molecule is COc1ccc(Cl)cc1C(=O)N1CCC[C@H]1C(=O)Nc1cn[nH]c1. The van der Waals surface area contributed by atoms with Crippen molar-refractivity contribution in [1.82, 2.24) is 15.1 Å². The number of amides is 2. The molecular formula is C16H17ClN4O3. The van der Waals surface area contributed by atoms with E-state index >= 15 is 0 Å². The van der Waals surface area contributed by atoms with Crippen molar-refractivity contribution in [2.75, 3.05) is 19.0 Å². The molecule has 126 valence electrons. The molecule has 3 rings (SSSR count). The molecule has 24 heavy (non-hydrogen) atoms.